The number of phenols is 1. The van der Waals surface area contributed by atoms with E-state index in [1.807, 2.05) is 60.7 Å². The summed E-state index contributed by atoms with van der Waals surface area (Å²) in [4.78, 5) is 17.3. The number of hydrogen-bond donors (Lipinski definition) is 3. The number of benzene rings is 3. The van der Waals surface area contributed by atoms with Crippen LogP contribution in [0.15, 0.2) is 91.3 Å². The molecule has 1 amide bonds. The van der Waals surface area contributed by atoms with Gasteiger partial charge in [-0.3, -0.25) is 0 Å². The number of hydrogen-bond acceptors (Lipinski definition) is 4. The number of nitrogens with zero attached hydrogens (tertiary/aromatic N) is 2. The summed E-state index contributed by atoms with van der Waals surface area (Å²) in [7, 11) is 0. The Balaban J connectivity index is 1.30. The second-order valence-corrected chi connectivity index (χ2v) is 10.2. The van der Waals surface area contributed by atoms with Crippen molar-refractivity contribution in [1.82, 2.24) is 15.2 Å². The molecule has 0 aliphatic rings. The van der Waals surface area contributed by atoms with Gasteiger partial charge in [-0.1, -0.05) is 0 Å². The van der Waals surface area contributed by atoms with Gasteiger partial charge in [0.2, 0.25) is 0 Å². The second kappa shape index (κ2) is 9.94. The van der Waals surface area contributed by atoms with Crippen LogP contribution in [0, 0.1) is 0 Å². The first-order chi connectivity index (χ1) is 16.7. The fraction of sp³-hybridized carbons (Fsp3) is 0.0741. The fourth-order valence-electron chi connectivity index (χ4n) is 3.82. The minimum absolute atomic E-state index is 0.209. The summed E-state index contributed by atoms with van der Waals surface area (Å²) in [6, 6.07) is 25.2. The van der Waals surface area contributed by atoms with E-state index in [0.717, 1.165) is 27.2 Å². The van der Waals surface area contributed by atoms with Gasteiger partial charge in [0.05, 0.1) is 0 Å². The zero-order valence-corrected chi connectivity index (χ0v) is 20.1. The third-order valence-corrected chi connectivity index (χ3v) is 8.27. The zero-order chi connectivity index (χ0) is 23.3. The van der Waals surface area contributed by atoms with Crippen LogP contribution in [0.25, 0.3) is 10.9 Å². The van der Waals surface area contributed by atoms with Gasteiger partial charge in [-0.25, -0.2) is 0 Å². The van der Waals surface area contributed by atoms with Crippen LogP contribution in [0.1, 0.15) is 27.2 Å². The molecule has 6 nitrogen and oxygen atoms in total. The number of aromatic nitrogens is 3. The Morgan fingerprint density at radius 2 is 1.76 bits per heavy atom. The number of aromatic hydroxyl groups is 1. The molecule has 5 aromatic rings. The molecule has 7 heteroatoms. The van der Waals surface area contributed by atoms with E-state index in [0.29, 0.717) is 23.6 Å². The average Bonchev–Trinajstić information content (AvgIpc) is 3.34. The summed E-state index contributed by atoms with van der Waals surface area (Å²) in [6.07, 6.45) is 4.16. The van der Waals surface area contributed by atoms with Crippen LogP contribution in [-0.2, 0) is 11.6 Å². The number of phenolic OH excluding ortho intramolecular Hbond substituents is 1. The molecule has 3 N–H and O–H groups in total. The summed E-state index contributed by atoms with van der Waals surface area (Å²) >= 11 is -0.240. The van der Waals surface area contributed by atoms with Crippen LogP contribution in [-0.4, -0.2) is 41.9 Å². The number of H-pyrrole nitrogens is 1. The number of carbonyl (C=O) groups is 1. The fourth-order valence-corrected chi connectivity index (χ4v) is 6.19. The van der Waals surface area contributed by atoms with Crippen molar-refractivity contribution in [2.75, 3.05) is 5.32 Å². The molecule has 0 saturated carbocycles. The van der Waals surface area contributed by atoms with E-state index < -0.39 is 0 Å². The van der Waals surface area contributed by atoms with Crippen molar-refractivity contribution in [1.29, 1.82) is 0 Å². The predicted octanol–water partition coefficient (Wildman–Crippen LogP) is 4.04. The van der Waals surface area contributed by atoms with Gasteiger partial charge in [-0.2, -0.15) is 0 Å². The summed E-state index contributed by atoms with van der Waals surface area (Å²) in [5, 5.41) is 21.9. The quantitative estimate of drug-likeness (QED) is 0.289. The van der Waals surface area contributed by atoms with E-state index in [1.165, 1.54) is 9.91 Å². The first-order valence-electron chi connectivity index (χ1n) is 10.9. The van der Waals surface area contributed by atoms with Crippen LogP contribution in [0.5, 0.6) is 5.75 Å². The van der Waals surface area contributed by atoms with Crippen molar-refractivity contribution in [2.45, 2.75) is 11.6 Å². The van der Waals surface area contributed by atoms with Crippen molar-refractivity contribution >= 4 is 42.6 Å². The number of pyridine rings is 1. The maximum absolute atomic E-state index is 13.0. The second-order valence-electron chi connectivity index (χ2n) is 7.89. The minimum atomic E-state index is -0.240. The molecule has 0 aliphatic carbocycles. The summed E-state index contributed by atoms with van der Waals surface area (Å²) < 4.78 is 1.27. The molecular weight excluding hydrogens is 487 g/mol. The van der Waals surface area contributed by atoms with Crippen molar-refractivity contribution < 1.29 is 9.90 Å². The molecule has 0 unspecified atom stereocenters. The summed E-state index contributed by atoms with van der Waals surface area (Å²) in [6.45, 7) is 0. The van der Waals surface area contributed by atoms with Crippen molar-refractivity contribution in [3.05, 3.63) is 114 Å². The van der Waals surface area contributed by atoms with Crippen molar-refractivity contribution in [3.8, 4) is 5.75 Å². The molecule has 167 valence electrons. The topological polar surface area (TPSA) is 90.9 Å². The first-order valence-corrected chi connectivity index (χ1v) is 13.1. The maximum atomic E-state index is 13.0. The number of amides is 1. The average molecular weight is 509 g/mol. The van der Waals surface area contributed by atoms with Crippen molar-refractivity contribution in [2.24, 2.45) is 0 Å². The van der Waals surface area contributed by atoms with Crippen LogP contribution in [0.3, 0.4) is 0 Å². The normalized spacial score (nSPS) is 11.3. The van der Waals surface area contributed by atoms with Gasteiger partial charge in [0, 0.05) is 0 Å². The molecule has 2 aromatic heterocycles. The number of carbonyl (C=O) groups excluding carboxylic acids is 1. The molecule has 2 heterocycles. The van der Waals surface area contributed by atoms with E-state index in [1.54, 1.807) is 18.5 Å². The van der Waals surface area contributed by atoms with Gasteiger partial charge in [0.15, 0.2) is 0 Å². The van der Waals surface area contributed by atoms with E-state index in [2.05, 4.69) is 32.6 Å². The van der Waals surface area contributed by atoms with Gasteiger partial charge < -0.3 is 0 Å². The standard InChI is InChI=1S/C27H22AsN4O2/c33-25-10-4-2-7-20(25)14-18-6-1-3-9-23(18)28-16-21-17-30-32-26(21)27(34)31-22-11-12-24-19(15-22)8-5-13-29-24/h1-13,15,17,33H,14,16H2,(H,30,32)(H,31,34). The van der Waals surface area contributed by atoms with Gasteiger partial charge >= 0.3 is 204 Å². The number of rotatable bonds is 7. The molecule has 1 radical (unpaired) electrons. The van der Waals surface area contributed by atoms with Crippen LogP contribution < -0.4 is 9.67 Å². The third-order valence-electron chi connectivity index (χ3n) is 5.59. The van der Waals surface area contributed by atoms with Crippen LogP contribution in [0.4, 0.5) is 5.69 Å². The molecule has 5 rings (SSSR count). The summed E-state index contributed by atoms with van der Waals surface area (Å²) in [5.74, 6) is 0.103. The molecule has 0 aliphatic heterocycles. The van der Waals surface area contributed by atoms with Gasteiger partial charge in [-0.05, 0) is 0 Å². The third kappa shape index (κ3) is 4.87. The monoisotopic (exact) mass is 509 g/mol. The summed E-state index contributed by atoms with van der Waals surface area (Å²) in [5.41, 5.74) is 5.09. The Kier molecular flexibility index (Phi) is 6.41. The number of fused-ring (bicyclic) bond motifs is 1. The molecule has 0 bridgehead atoms. The number of para-hydroxylation sites is 1. The molecule has 3 aromatic carbocycles. The Labute approximate surface area is 203 Å². The first kappa shape index (κ1) is 21.9. The predicted molar refractivity (Wildman–Crippen MR) is 135 cm³/mol. The Morgan fingerprint density at radius 3 is 2.65 bits per heavy atom. The van der Waals surface area contributed by atoms with Crippen molar-refractivity contribution in [3.63, 3.8) is 0 Å². The Bertz CT molecular complexity index is 1460. The van der Waals surface area contributed by atoms with Gasteiger partial charge in [0.1, 0.15) is 0 Å². The SMILES string of the molecule is O=C(Nc1ccc2ncccc2c1)c1[nH]ncc1C[As]c1ccccc1Cc1ccccc1O. The zero-order valence-electron chi connectivity index (χ0n) is 18.3. The molecule has 0 fully saturated rings. The Morgan fingerprint density at radius 1 is 0.941 bits per heavy atom. The number of anilines is 1. The van der Waals surface area contributed by atoms with E-state index >= 15 is 0 Å². The molecule has 34 heavy (non-hydrogen) atoms. The Hall–Kier alpha value is -3.89. The molecule has 0 atom stereocenters. The van der Waals surface area contributed by atoms with E-state index in [4.69, 9.17) is 0 Å². The molecular formula is C27H22AsN4O2. The number of nitrogens with one attached hydrogen (secondary N) is 2. The van der Waals surface area contributed by atoms with Gasteiger partial charge in [-0.15, -0.1) is 0 Å². The van der Waals surface area contributed by atoms with E-state index in [9.17, 15) is 9.90 Å². The van der Waals surface area contributed by atoms with Crippen LogP contribution >= 0.6 is 0 Å². The van der Waals surface area contributed by atoms with Crippen LogP contribution in [0.2, 0.25) is 0 Å². The van der Waals surface area contributed by atoms with Gasteiger partial charge in [0.25, 0.3) is 0 Å². The number of aromatic amines is 1. The molecule has 0 spiro atoms. The van der Waals surface area contributed by atoms with E-state index in [-0.39, 0.29) is 21.7 Å². The molecule has 0 saturated heterocycles.